The zero-order chi connectivity index (χ0) is 26.7. The van der Waals surface area contributed by atoms with E-state index in [1.807, 2.05) is 54.9 Å². The molecule has 2 aromatic carbocycles. The molecule has 2 amide bonds. The van der Waals surface area contributed by atoms with Crippen LogP contribution in [0.4, 0.5) is 0 Å². The molecule has 0 unspecified atom stereocenters. The molecular weight excluding hydrogens is 478 g/mol. The van der Waals surface area contributed by atoms with Gasteiger partial charge >= 0.3 is 0 Å². The van der Waals surface area contributed by atoms with Gasteiger partial charge in [0.25, 0.3) is 5.91 Å². The number of nitrogens with zero attached hydrogens (tertiary/aromatic N) is 2. The molecule has 1 N–H and O–H groups in total. The van der Waals surface area contributed by atoms with Gasteiger partial charge in [-0.1, -0.05) is 36.2 Å². The highest BCUT2D eigenvalue weighted by atomic mass is 16.5. The van der Waals surface area contributed by atoms with Crippen molar-refractivity contribution in [1.29, 1.82) is 0 Å². The summed E-state index contributed by atoms with van der Waals surface area (Å²) in [6, 6.07) is 13.9. The van der Waals surface area contributed by atoms with E-state index in [1.165, 1.54) is 5.56 Å². The van der Waals surface area contributed by atoms with Gasteiger partial charge in [-0.15, -0.1) is 0 Å². The van der Waals surface area contributed by atoms with E-state index in [4.69, 9.17) is 4.74 Å². The fourth-order valence-corrected chi connectivity index (χ4v) is 5.93. The van der Waals surface area contributed by atoms with E-state index in [9.17, 15) is 14.4 Å². The third kappa shape index (κ3) is 5.19. The Morgan fingerprint density at radius 2 is 1.79 bits per heavy atom. The van der Waals surface area contributed by atoms with Crippen LogP contribution in [0.3, 0.4) is 0 Å². The van der Waals surface area contributed by atoms with E-state index >= 15 is 0 Å². The van der Waals surface area contributed by atoms with Crippen molar-refractivity contribution in [3.63, 3.8) is 0 Å². The second-order valence-electron chi connectivity index (χ2n) is 10.8. The van der Waals surface area contributed by atoms with Crippen LogP contribution in [0.5, 0.6) is 5.75 Å². The molecular formula is C31H37N3O4. The molecule has 0 radical (unpaired) electrons. The van der Waals surface area contributed by atoms with Crippen molar-refractivity contribution in [1.82, 2.24) is 14.8 Å². The largest absolute Gasteiger partial charge is 0.493 e. The number of benzene rings is 2. The first-order valence-corrected chi connectivity index (χ1v) is 13.8. The van der Waals surface area contributed by atoms with E-state index in [-0.39, 0.29) is 22.8 Å². The Morgan fingerprint density at radius 3 is 2.61 bits per heavy atom. The zero-order valence-corrected chi connectivity index (χ0v) is 22.4. The molecule has 3 heterocycles. The summed E-state index contributed by atoms with van der Waals surface area (Å²) < 4.78 is 7.83. The van der Waals surface area contributed by atoms with E-state index in [0.717, 1.165) is 48.9 Å². The maximum absolute atomic E-state index is 13.5. The molecule has 7 heteroatoms. The highest BCUT2D eigenvalue weighted by Crippen LogP contribution is 2.38. The van der Waals surface area contributed by atoms with Crippen molar-refractivity contribution in [3.05, 3.63) is 75.6 Å². The number of piperidine rings is 1. The lowest BCUT2D eigenvalue weighted by Crippen LogP contribution is -2.51. The van der Waals surface area contributed by atoms with Gasteiger partial charge in [-0.2, -0.15) is 0 Å². The predicted molar refractivity (Wildman–Crippen MR) is 149 cm³/mol. The summed E-state index contributed by atoms with van der Waals surface area (Å²) in [6.07, 6.45) is 7.22. The number of para-hydroxylation sites is 1. The first-order valence-electron chi connectivity index (χ1n) is 13.8. The third-order valence-electron chi connectivity index (χ3n) is 8.25. The van der Waals surface area contributed by atoms with Crippen LogP contribution in [0.1, 0.15) is 60.0 Å². The number of rotatable bonds is 1. The summed E-state index contributed by atoms with van der Waals surface area (Å²) in [7, 11) is 1.86. The first kappa shape index (κ1) is 26.0. The zero-order valence-electron chi connectivity index (χ0n) is 22.4. The normalized spacial score (nSPS) is 18.5. The van der Waals surface area contributed by atoms with Gasteiger partial charge < -0.3 is 19.5 Å². The predicted octanol–water partition coefficient (Wildman–Crippen LogP) is 4.38. The number of ether oxygens (including phenoxy) is 1. The van der Waals surface area contributed by atoms with Gasteiger partial charge in [-0.25, -0.2) is 0 Å². The summed E-state index contributed by atoms with van der Waals surface area (Å²) in [5, 5.41) is 3.71. The summed E-state index contributed by atoms with van der Waals surface area (Å²) in [4.78, 5) is 42.0. The van der Waals surface area contributed by atoms with E-state index in [2.05, 4.69) is 11.4 Å². The minimum absolute atomic E-state index is 0.0819. The fourth-order valence-electron chi connectivity index (χ4n) is 5.93. The number of aryl methyl sites for hydroxylation is 3. The number of likely N-dealkylation sites (tertiary alicyclic amines) is 1. The number of pyridine rings is 1. The quantitative estimate of drug-likeness (QED) is 0.522. The Labute approximate surface area is 223 Å². The molecule has 0 saturated carbocycles. The van der Waals surface area contributed by atoms with Crippen molar-refractivity contribution in [3.8, 4) is 5.75 Å². The van der Waals surface area contributed by atoms with Crippen LogP contribution in [0, 0.1) is 12.3 Å². The van der Waals surface area contributed by atoms with Crippen LogP contribution >= 0.6 is 0 Å². The van der Waals surface area contributed by atoms with Gasteiger partial charge in [0.1, 0.15) is 11.3 Å². The molecule has 1 saturated heterocycles. The Balaban J connectivity index is 1.31. The van der Waals surface area contributed by atoms with Crippen LogP contribution in [0.15, 0.2) is 53.5 Å². The lowest BCUT2D eigenvalue weighted by molar-refractivity contribution is -0.134. The smallest absolute Gasteiger partial charge is 0.259 e. The molecule has 0 aliphatic carbocycles. The molecule has 1 fully saturated rings. The van der Waals surface area contributed by atoms with Crippen molar-refractivity contribution in [2.24, 2.45) is 12.5 Å². The highest BCUT2D eigenvalue weighted by molar-refractivity contribution is 5.97. The maximum Gasteiger partial charge on any atom is 0.259 e. The van der Waals surface area contributed by atoms with Crippen LogP contribution in [0.25, 0.3) is 10.9 Å². The Hall–Kier alpha value is -3.61. The molecule has 38 heavy (non-hydrogen) atoms. The molecule has 1 spiro atoms. The molecule has 200 valence electrons. The van der Waals surface area contributed by atoms with Gasteiger partial charge in [0, 0.05) is 38.3 Å². The monoisotopic (exact) mass is 515 g/mol. The molecule has 1 aromatic heterocycles. The average Bonchev–Trinajstić information content (AvgIpc) is 2.94. The van der Waals surface area contributed by atoms with Crippen LogP contribution in [-0.4, -0.2) is 47.5 Å². The van der Waals surface area contributed by atoms with Crippen molar-refractivity contribution in [2.75, 3.05) is 26.2 Å². The third-order valence-corrected chi connectivity index (χ3v) is 8.25. The van der Waals surface area contributed by atoms with Gasteiger partial charge in [0.2, 0.25) is 11.3 Å². The van der Waals surface area contributed by atoms with Gasteiger partial charge in [-0.3, -0.25) is 14.4 Å². The molecule has 5 rings (SSSR count). The van der Waals surface area contributed by atoms with Crippen LogP contribution in [-0.2, 0) is 18.3 Å². The van der Waals surface area contributed by atoms with E-state index in [0.29, 0.717) is 44.5 Å². The van der Waals surface area contributed by atoms with Crippen molar-refractivity contribution >= 4 is 22.7 Å². The number of hydrogen-bond donors (Lipinski definition) is 1. The number of hydrogen-bond acceptors (Lipinski definition) is 4. The number of aromatic nitrogens is 1. The standard InChI is InChI=1S/C31H37N3O4/c1-22-11-12-26-24(20-22)28(35)25(21-33(26)2)29(36)34-17-14-31(15-18-34)13-6-5-9-23-8-3-4-10-27(23)38-19-7-16-32-30(31)37/h3-4,8,10-12,20-21H,5-7,9,13-19H2,1-2H3,(H,32,37). The first-order chi connectivity index (χ1) is 18.4. The number of nitrogens with one attached hydrogen (secondary N) is 1. The lowest BCUT2D eigenvalue weighted by atomic mass is 9.73. The molecule has 2 aliphatic rings. The molecule has 2 aliphatic heterocycles. The van der Waals surface area contributed by atoms with Gasteiger partial charge in [0.15, 0.2) is 0 Å². The van der Waals surface area contributed by atoms with Crippen LogP contribution in [0.2, 0.25) is 0 Å². The van der Waals surface area contributed by atoms with Gasteiger partial charge in [0.05, 0.1) is 17.5 Å². The van der Waals surface area contributed by atoms with Crippen molar-refractivity contribution in [2.45, 2.75) is 51.9 Å². The summed E-state index contributed by atoms with van der Waals surface area (Å²) >= 11 is 0. The number of carbonyl (C=O) groups excluding carboxylic acids is 2. The van der Waals surface area contributed by atoms with Gasteiger partial charge in [-0.05, 0) is 69.2 Å². The second-order valence-corrected chi connectivity index (χ2v) is 10.8. The number of carbonyl (C=O) groups is 2. The van der Waals surface area contributed by atoms with Crippen molar-refractivity contribution < 1.29 is 14.3 Å². The molecule has 3 aromatic rings. The Bertz CT molecular complexity index is 1400. The number of amides is 2. The summed E-state index contributed by atoms with van der Waals surface area (Å²) in [6.45, 7) is 4.00. The van der Waals surface area contributed by atoms with E-state index in [1.54, 1.807) is 11.1 Å². The topological polar surface area (TPSA) is 80.6 Å². The van der Waals surface area contributed by atoms with Crippen LogP contribution < -0.4 is 15.5 Å². The molecule has 7 nitrogen and oxygen atoms in total. The summed E-state index contributed by atoms with van der Waals surface area (Å²) in [5.41, 5.74) is 2.49. The Morgan fingerprint density at radius 1 is 1.00 bits per heavy atom. The molecule has 0 atom stereocenters. The minimum atomic E-state index is -0.489. The average molecular weight is 516 g/mol. The molecule has 0 bridgehead atoms. The maximum atomic E-state index is 13.5. The highest BCUT2D eigenvalue weighted by Gasteiger charge is 2.42. The summed E-state index contributed by atoms with van der Waals surface area (Å²) in [5.74, 6) is 0.774. The SMILES string of the molecule is Cc1ccc2c(c1)c(=O)c(C(=O)N1CCC3(CCCCc4ccccc4OCCCNC3=O)CC1)cn2C. The minimum Gasteiger partial charge on any atom is -0.493 e. The second kappa shape index (κ2) is 11.0. The Kier molecular flexibility index (Phi) is 7.54. The van der Waals surface area contributed by atoms with E-state index < -0.39 is 5.41 Å². The lowest BCUT2D eigenvalue weighted by Gasteiger charge is -2.41. The number of fused-ring (bicyclic) bond motifs is 2. The fraction of sp³-hybridized carbons (Fsp3) is 0.452.